The van der Waals surface area contributed by atoms with Crippen molar-refractivity contribution in [1.29, 1.82) is 0 Å². The number of nitrogens with zero attached hydrogens (tertiary/aromatic N) is 3. The summed E-state index contributed by atoms with van der Waals surface area (Å²) in [4.78, 5) is 21.3. The number of benzene rings is 1. The lowest BCUT2D eigenvalue weighted by Gasteiger charge is -2.25. The van der Waals surface area contributed by atoms with Crippen molar-refractivity contribution in [1.82, 2.24) is 9.66 Å². The minimum absolute atomic E-state index is 0.434. The maximum Gasteiger partial charge on any atom is 0.152 e. The Kier molecular flexibility index (Phi) is 4.97. The molecule has 2 aromatic rings. The van der Waals surface area contributed by atoms with Crippen LogP contribution in [-0.4, -0.2) is 28.4 Å². The van der Waals surface area contributed by atoms with Gasteiger partial charge in [0.2, 0.25) is 0 Å². The molecule has 142 valence electrons. The molecule has 6 heteroatoms. The molecular formula is C21H26N4O2. The highest BCUT2D eigenvalue weighted by atomic mass is 16.5. The quantitative estimate of drug-likeness (QED) is 0.788. The first-order valence-electron chi connectivity index (χ1n) is 9.84. The highest BCUT2D eigenvalue weighted by Crippen LogP contribution is 2.36. The van der Waals surface area contributed by atoms with Crippen molar-refractivity contribution in [2.45, 2.75) is 57.9 Å². The number of aromatic nitrogens is 2. The number of carbonyl (C=O) groups excluding carboxylic acids is 1. The molecule has 0 spiro atoms. The van der Waals surface area contributed by atoms with Crippen molar-refractivity contribution in [2.75, 3.05) is 12.0 Å². The first kappa shape index (κ1) is 17.8. The number of hydrogen-bond donors (Lipinski definition) is 1. The fraction of sp³-hybridized carbons (Fsp3) is 0.476. The number of para-hydroxylation sites is 1. The van der Waals surface area contributed by atoms with Gasteiger partial charge in [-0.1, -0.05) is 31.9 Å². The largest absolute Gasteiger partial charge is 0.493 e. The maximum atomic E-state index is 11.8. The number of aryl methyl sites for hydroxylation is 1. The van der Waals surface area contributed by atoms with Crippen LogP contribution in [0.2, 0.25) is 0 Å². The second-order valence-electron chi connectivity index (χ2n) is 7.27. The van der Waals surface area contributed by atoms with Crippen LogP contribution in [0.1, 0.15) is 73.8 Å². The second-order valence-corrected chi connectivity index (χ2v) is 7.27. The summed E-state index contributed by atoms with van der Waals surface area (Å²) in [7, 11) is 0. The van der Waals surface area contributed by atoms with E-state index in [9.17, 15) is 4.79 Å². The summed E-state index contributed by atoms with van der Waals surface area (Å²) in [5.74, 6) is 2.88. The van der Waals surface area contributed by atoms with E-state index in [1.54, 1.807) is 0 Å². The van der Waals surface area contributed by atoms with Gasteiger partial charge in [-0.25, -0.2) is 14.7 Å². The van der Waals surface area contributed by atoms with Crippen molar-refractivity contribution in [3.63, 3.8) is 0 Å². The van der Waals surface area contributed by atoms with Gasteiger partial charge in [0.25, 0.3) is 0 Å². The summed E-state index contributed by atoms with van der Waals surface area (Å²) in [5, 5.41) is 0. The SMILES string of the molecule is CCCOc1ccccc1C1=NC(C=O)c2c(C)nc(C3CCCC3)n2N1. The number of nitrogens with one attached hydrogen (secondary N) is 1. The average Bonchev–Trinajstić information content (AvgIpc) is 3.34. The van der Waals surface area contributed by atoms with Crippen LogP contribution in [0.3, 0.4) is 0 Å². The van der Waals surface area contributed by atoms with Gasteiger partial charge in [0.05, 0.1) is 23.6 Å². The molecule has 27 heavy (non-hydrogen) atoms. The number of hydrogen-bond acceptors (Lipinski definition) is 5. The number of rotatable bonds is 6. The van der Waals surface area contributed by atoms with E-state index < -0.39 is 6.04 Å². The van der Waals surface area contributed by atoms with E-state index in [0.717, 1.165) is 54.1 Å². The first-order chi connectivity index (χ1) is 13.2. The zero-order valence-electron chi connectivity index (χ0n) is 15.9. The van der Waals surface area contributed by atoms with Crippen molar-refractivity contribution < 1.29 is 9.53 Å². The summed E-state index contributed by atoms with van der Waals surface area (Å²) >= 11 is 0. The lowest BCUT2D eigenvalue weighted by Crippen LogP contribution is -2.33. The average molecular weight is 366 g/mol. The Morgan fingerprint density at radius 2 is 2.07 bits per heavy atom. The zero-order chi connectivity index (χ0) is 18.8. The van der Waals surface area contributed by atoms with Crippen LogP contribution >= 0.6 is 0 Å². The van der Waals surface area contributed by atoms with Crippen LogP contribution in [0, 0.1) is 6.92 Å². The number of aldehydes is 1. The fourth-order valence-corrected chi connectivity index (χ4v) is 4.05. The molecular weight excluding hydrogens is 340 g/mol. The third-order valence-electron chi connectivity index (χ3n) is 5.34. The molecule has 2 heterocycles. The van der Waals surface area contributed by atoms with Gasteiger partial charge in [0.15, 0.2) is 18.2 Å². The normalized spacial score (nSPS) is 19.3. The van der Waals surface area contributed by atoms with Gasteiger partial charge in [-0.2, -0.15) is 0 Å². The summed E-state index contributed by atoms with van der Waals surface area (Å²) in [6, 6.07) is 7.27. The standard InChI is InChI=1S/C21H26N4O2/c1-3-12-27-18-11-7-6-10-16(18)20-23-17(13-26)19-14(2)22-21(25(19)24-20)15-8-4-5-9-15/h6-7,10-11,13,15,17H,3-5,8-9,12H2,1-2H3,(H,23,24). The predicted molar refractivity (Wildman–Crippen MR) is 105 cm³/mol. The Bertz CT molecular complexity index is 865. The lowest BCUT2D eigenvalue weighted by molar-refractivity contribution is -0.109. The van der Waals surface area contributed by atoms with Gasteiger partial charge in [-0.05, 0) is 38.3 Å². The number of ether oxygens (including phenoxy) is 1. The Balaban J connectivity index is 1.75. The molecule has 0 amide bonds. The number of fused-ring (bicyclic) bond motifs is 1. The van der Waals surface area contributed by atoms with Crippen molar-refractivity contribution in [3.8, 4) is 5.75 Å². The van der Waals surface area contributed by atoms with E-state index in [4.69, 9.17) is 9.72 Å². The predicted octanol–water partition coefficient (Wildman–Crippen LogP) is 3.88. The number of aliphatic imine (C=N–C) groups is 1. The van der Waals surface area contributed by atoms with E-state index in [2.05, 4.69) is 17.3 Å². The molecule has 1 fully saturated rings. The van der Waals surface area contributed by atoms with E-state index in [1.807, 2.05) is 35.9 Å². The van der Waals surface area contributed by atoms with Crippen LogP contribution in [0.5, 0.6) is 5.75 Å². The molecule has 1 N–H and O–H groups in total. The van der Waals surface area contributed by atoms with E-state index in [-0.39, 0.29) is 0 Å². The Hall–Kier alpha value is -2.63. The van der Waals surface area contributed by atoms with Gasteiger partial charge < -0.3 is 9.53 Å². The third kappa shape index (κ3) is 3.24. The highest BCUT2D eigenvalue weighted by molar-refractivity contribution is 6.07. The molecule has 0 radical (unpaired) electrons. The van der Waals surface area contributed by atoms with Crippen LogP contribution in [-0.2, 0) is 4.79 Å². The Morgan fingerprint density at radius 3 is 2.81 bits per heavy atom. The van der Waals surface area contributed by atoms with E-state index in [0.29, 0.717) is 18.4 Å². The summed E-state index contributed by atoms with van der Waals surface area (Å²) in [5.41, 5.74) is 6.02. The van der Waals surface area contributed by atoms with Crippen molar-refractivity contribution in [2.24, 2.45) is 4.99 Å². The fourth-order valence-electron chi connectivity index (χ4n) is 4.05. The lowest BCUT2D eigenvalue weighted by atomic mass is 10.1. The minimum atomic E-state index is -0.553. The number of imidazole rings is 1. The van der Waals surface area contributed by atoms with Crippen LogP contribution < -0.4 is 10.2 Å². The topological polar surface area (TPSA) is 68.5 Å². The molecule has 0 saturated heterocycles. The van der Waals surface area contributed by atoms with Crippen LogP contribution in [0.15, 0.2) is 29.3 Å². The molecule has 6 nitrogen and oxygen atoms in total. The van der Waals surface area contributed by atoms with Gasteiger partial charge >= 0.3 is 0 Å². The summed E-state index contributed by atoms with van der Waals surface area (Å²) < 4.78 is 7.90. The molecule has 1 aliphatic heterocycles. The molecule has 2 aliphatic rings. The van der Waals surface area contributed by atoms with Crippen molar-refractivity contribution in [3.05, 3.63) is 47.0 Å². The Morgan fingerprint density at radius 1 is 1.30 bits per heavy atom. The molecule has 1 aromatic carbocycles. The van der Waals surface area contributed by atoms with Crippen LogP contribution in [0.4, 0.5) is 0 Å². The zero-order valence-corrected chi connectivity index (χ0v) is 15.9. The molecule has 1 unspecified atom stereocenters. The monoisotopic (exact) mass is 366 g/mol. The molecule has 1 saturated carbocycles. The van der Waals surface area contributed by atoms with Gasteiger partial charge in [0, 0.05) is 5.92 Å². The minimum Gasteiger partial charge on any atom is -0.493 e. The van der Waals surface area contributed by atoms with Crippen LogP contribution in [0.25, 0.3) is 0 Å². The molecule has 4 rings (SSSR count). The summed E-state index contributed by atoms with van der Waals surface area (Å²) in [6.07, 6.45) is 6.59. The van der Waals surface area contributed by atoms with Crippen molar-refractivity contribution >= 4 is 12.1 Å². The third-order valence-corrected chi connectivity index (χ3v) is 5.34. The molecule has 0 bridgehead atoms. The van der Waals surface area contributed by atoms with Gasteiger partial charge in [-0.3, -0.25) is 5.43 Å². The molecule has 1 atom stereocenters. The van der Waals surface area contributed by atoms with E-state index >= 15 is 0 Å². The second kappa shape index (κ2) is 7.55. The van der Waals surface area contributed by atoms with Gasteiger partial charge in [-0.15, -0.1) is 0 Å². The summed E-state index contributed by atoms with van der Waals surface area (Å²) in [6.45, 7) is 4.68. The number of amidine groups is 1. The number of carbonyl (C=O) groups is 1. The molecule has 1 aliphatic carbocycles. The smallest absolute Gasteiger partial charge is 0.152 e. The van der Waals surface area contributed by atoms with E-state index in [1.165, 1.54) is 12.8 Å². The van der Waals surface area contributed by atoms with Gasteiger partial charge in [0.1, 0.15) is 11.6 Å². The first-order valence-corrected chi connectivity index (χ1v) is 9.84. The molecule has 1 aromatic heterocycles. The highest BCUT2D eigenvalue weighted by Gasteiger charge is 2.32. The maximum absolute atomic E-state index is 11.8. The Labute approximate surface area is 159 Å².